The van der Waals surface area contributed by atoms with E-state index in [9.17, 15) is 23.2 Å². The largest absolute Gasteiger partial charge is 0.467 e. The van der Waals surface area contributed by atoms with Crippen LogP contribution in [0.3, 0.4) is 0 Å². The lowest BCUT2D eigenvalue weighted by Crippen LogP contribution is -2.42. The van der Waals surface area contributed by atoms with E-state index in [1.165, 1.54) is 13.0 Å². The quantitative estimate of drug-likeness (QED) is 0.775. The number of amides is 1. The van der Waals surface area contributed by atoms with Crippen LogP contribution in [0.4, 0.5) is 8.78 Å². The number of rotatable bonds is 7. The highest BCUT2D eigenvalue weighted by Gasteiger charge is 2.23. The van der Waals surface area contributed by atoms with Crippen LogP contribution < -0.4 is 5.32 Å². The molecule has 0 aliphatic carbocycles. The first-order valence-corrected chi connectivity index (χ1v) is 6.64. The summed E-state index contributed by atoms with van der Waals surface area (Å²) in [5, 5.41) is 2.33. The molecule has 0 unspecified atom stereocenters. The molecule has 5 nitrogen and oxygen atoms in total. The Kier molecular flexibility index (Phi) is 6.62. The van der Waals surface area contributed by atoms with Gasteiger partial charge in [0.15, 0.2) is 0 Å². The number of hydrogen-bond acceptors (Lipinski definition) is 4. The molecule has 0 fully saturated rings. The van der Waals surface area contributed by atoms with E-state index in [-0.39, 0.29) is 24.2 Å². The average Bonchev–Trinajstić information content (AvgIpc) is 2.46. The minimum atomic E-state index is -1.03. The number of benzene rings is 1. The number of halogens is 2. The summed E-state index contributed by atoms with van der Waals surface area (Å²) in [7, 11) is 1.14. The van der Waals surface area contributed by atoms with E-state index in [2.05, 4.69) is 10.1 Å². The summed E-state index contributed by atoms with van der Waals surface area (Å²) in [4.78, 5) is 34.4. The van der Waals surface area contributed by atoms with E-state index >= 15 is 0 Å². The molecule has 0 aliphatic rings. The van der Waals surface area contributed by atoms with Gasteiger partial charge in [0.2, 0.25) is 5.91 Å². The molecule has 1 aromatic carbocycles. The van der Waals surface area contributed by atoms with Crippen LogP contribution in [0.1, 0.15) is 25.3 Å². The van der Waals surface area contributed by atoms with Gasteiger partial charge in [0, 0.05) is 12.0 Å². The average molecular weight is 313 g/mol. The molecule has 0 aliphatic heterocycles. The highest BCUT2D eigenvalue weighted by atomic mass is 19.1. The van der Waals surface area contributed by atoms with Gasteiger partial charge in [-0.15, -0.1) is 0 Å². The number of carbonyl (C=O) groups excluding carboxylic acids is 3. The highest BCUT2D eigenvalue weighted by Crippen LogP contribution is 2.13. The van der Waals surface area contributed by atoms with Crippen molar-refractivity contribution < 1.29 is 27.9 Å². The smallest absolute Gasteiger partial charge is 0.328 e. The predicted octanol–water partition coefficient (Wildman–Crippen LogP) is 1.53. The molecule has 1 aromatic rings. The van der Waals surface area contributed by atoms with Crippen LogP contribution in [0.25, 0.3) is 0 Å². The van der Waals surface area contributed by atoms with Crippen molar-refractivity contribution in [2.45, 2.75) is 32.2 Å². The van der Waals surface area contributed by atoms with Crippen LogP contribution in [-0.2, 0) is 25.5 Å². The molecule has 120 valence electrons. The van der Waals surface area contributed by atoms with Crippen LogP contribution in [0, 0.1) is 11.6 Å². The Morgan fingerprint density at radius 1 is 1.23 bits per heavy atom. The van der Waals surface area contributed by atoms with E-state index in [0.29, 0.717) is 0 Å². The summed E-state index contributed by atoms with van der Waals surface area (Å²) < 4.78 is 31.5. The summed E-state index contributed by atoms with van der Waals surface area (Å²) in [6.45, 7) is 1.35. The summed E-state index contributed by atoms with van der Waals surface area (Å²) in [6.07, 6.45) is -0.409. The Hall–Kier alpha value is -2.31. The Labute approximate surface area is 126 Å². The maximum atomic E-state index is 13.5. The summed E-state index contributed by atoms with van der Waals surface area (Å²) >= 11 is 0. The molecule has 0 saturated heterocycles. The van der Waals surface area contributed by atoms with Crippen molar-refractivity contribution in [2.75, 3.05) is 7.11 Å². The second-order valence-electron chi connectivity index (χ2n) is 4.76. The molecule has 22 heavy (non-hydrogen) atoms. The van der Waals surface area contributed by atoms with E-state index in [1.807, 2.05) is 0 Å². The predicted molar refractivity (Wildman–Crippen MR) is 73.9 cm³/mol. The van der Waals surface area contributed by atoms with Gasteiger partial charge in [0.05, 0.1) is 13.5 Å². The molecule has 1 rings (SSSR count). The van der Waals surface area contributed by atoms with Gasteiger partial charge < -0.3 is 14.8 Å². The standard InChI is InChI=1S/C15H17F2NO4/c1-9(19)6-7-13(15(21)22-2)18-14(20)8-10-11(16)4-3-5-12(10)17/h3-5,13H,6-8H2,1-2H3,(H,18,20)/t13-/m0/s1. The summed E-state index contributed by atoms with van der Waals surface area (Å²) in [5.74, 6) is -3.28. The molecule has 1 atom stereocenters. The van der Waals surface area contributed by atoms with Crippen LogP contribution in [0.5, 0.6) is 0 Å². The number of methoxy groups -OCH3 is 1. The minimum absolute atomic E-state index is 0.0630. The van der Waals surface area contributed by atoms with Crippen LogP contribution in [0.2, 0.25) is 0 Å². The molecular formula is C15H17F2NO4. The topological polar surface area (TPSA) is 72.5 Å². The number of carbonyl (C=O) groups is 3. The van der Waals surface area contributed by atoms with Gasteiger partial charge in [0.25, 0.3) is 0 Å². The minimum Gasteiger partial charge on any atom is -0.467 e. The van der Waals surface area contributed by atoms with Crippen molar-refractivity contribution >= 4 is 17.7 Å². The normalized spacial score (nSPS) is 11.6. The van der Waals surface area contributed by atoms with Crippen LogP contribution in [0.15, 0.2) is 18.2 Å². The lowest BCUT2D eigenvalue weighted by atomic mass is 10.1. The van der Waals surface area contributed by atoms with Crippen molar-refractivity contribution in [3.05, 3.63) is 35.4 Å². The maximum absolute atomic E-state index is 13.5. The number of esters is 1. The molecule has 0 heterocycles. The zero-order valence-electron chi connectivity index (χ0n) is 12.3. The van der Waals surface area contributed by atoms with Gasteiger partial charge in [-0.25, -0.2) is 13.6 Å². The van der Waals surface area contributed by atoms with E-state index in [0.717, 1.165) is 19.2 Å². The maximum Gasteiger partial charge on any atom is 0.328 e. The van der Waals surface area contributed by atoms with Crippen molar-refractivity contribution in [1.29, 1.82) is 0 Å². The highest BCUT2D eigenvalue weighted by molar-refractivity contribution is 5.86. The molecule has 0 radical (unpaired) electrons. The SMILES string of the molecule is COC(=O)[C@H](CCC(C)=O)NC(=O)Cc1c(F)cccc1F. The molecule has 0 saturated carbocycles. The monoisotopic (exact) mass is 313 g/mol. The summed E-state index contributed by atoms with van der Waals surface area (Å²) in [5.41, 5.74) is -0.379. The first-order chi connectivity index (χ1) is 10.3. The van der Waals surface area contributed by atoms with Gasteiger partial charge in [-0.1, -0.05) is 6.07 Å². The Morgan fingerprint density at radius 2 is 1.82 bits per heavy atom. The molecule has 7 heteroatoms. The molecule has 0 aromatic heterocycles. The van der Waals surface area contributed by atoms with E-state index in [4.69, 9.17) is 0 Å². The van der Waals surface area contributed by atoms with E-state index in [1.54, 1.807) is 0 Å². The van der Waals surface area contributed by atoms with Gasteiger partial charge >= 0.3 is 5.97 Å². The Balaban J connectivity index is 2.74. The van der Waals surface area contributed by atoms with Gasteiger partial charge in [0.1, 0.15) is 23.5 Å². The molecule has 0 spiro atoms. The number of Topliss-reactive ketones (excluding diaryl/α,β-unsaturated/α-hetero) is 1. The van der Waals surface area contributed by atoms with E-state index < -0.39 is 36.0 Å². The first kappa shape index (κ1) is 17.7. The van der Waals surface area contributed by atoms with Crippen molar-refractivity contribution in [2.24, 2.45) is 0 Å². The molecule has 1 N–H and O–H groups in total. The number of ether oxygens (including phenoxy) is 1. The Morgan fingerprint density at radius 3 is 2.32 bits per heavy atom. The van der Waals surface area contributed by atoms with Crippen molar-refractivity contribution in [3.8, 4) is 0 Å². The molecular weight excluding hydrogens is 296 g/mol. The summed E-state index contributed by atoms with van der Waals surface area (Å²) in [6, 6.07) is 2.24. The third-order valence-corrected chi connectivity index (χ3v) is 3.01. The molecule has 0 bridgehead atoms. The van der Waals surface area contributed by atoms with Gasteiger partial charge in [-0.3, -0.25) is 4.79 Å². The third-order valence-electron chi connectivity index (χ3n) is 3.01. The van der Waals surface area contributed by atoms with Crippen molar-refractivity contribution in [3.63, 3.8) is 0 Å². The van der Waals surface area contributed by atoms with Crippen LogP contribution in [-0.4, -0.2) is 30.8 Å². The van der Waals surface area contributed by atoms with Gasteiger partial charge in [-0.2, -0.15) is 0 Å². The zero-order chi connectivity index (χ0) is 16.7. The lowest BCUT2D eigenvalue weighted by molar-refractivity contribution is -0.145. The third kappa shape index (κ3) is 5.23. The fourth-order valence-corrected chi connectivity index (χ4v) is 1.85. The molecule has 1 amide bonds. The van der Waals surface area contributed by atoms with Gasteiger partial charge in [-0.05, 0) is 25.5 Å². The number of hydrogen-bond donors (Lipinski definition) is 1. The second-order valence-corrected chi connectivity index (χ2v) is 4.76. The first-order valence-electron chi connectivity index (χ1n) is 6.64. The Bertz CT molecular complexity index is 554. The fourth-order valence-electron chi connectivity index (χ4n) is 1.85. The van der Waals surface area contributed by atoms with Crippen LogP contribution >= 0.6 is 0 Å². The number of nitrogens with one attached hydrogen (secondary N) is 1. The number of ketones is 1. The zero-order valence-corrected chi connectivity index (χ0v) is 12.3. The fraction of sp³-hybridized carbons (Fsp3) is 0.400. The second kappa shape index (κ2) is 8.21. The van der Waals surface area contributed by atoms with Crippen molar-refractivity contribution in [1.82, 2.24) is 5.32 Å². The lowest BCUT2D eigenvalue weighted by Gasteiger charge is -2.16.